The average molecular weight is 536 g/mol. The van der Waals surface area contributed by atoms with Crippen LogP contribution in [-0.2, 0) is 9.59 Å². The average Bonchev–Trinajstić information content (AvgIpc) is 3.47. The highest BCUT2D eigenvalue weighted by molar-refractivity contribution is 5.86. The number of carbonyl (C=O) groups excluding carboxylic acids is 1. The van der Waals surface area contributed by atoms with Gasteiger partial charge in [0.1, 0.15) is 6.54 Å². The van der Waals surface area contributed by atoms with E-state index in [-0.39, 0.29) is 37.1 Å². The molecule has 4 aliphatic rings. The molecule has 3 aliphatic heterocycles. The van der Waals surface area contributed by atoms with Gasteiger partial charge in [0, 0.05) is 37.3 Å². The Kier molecular flexibility index (Phi) is 7.35. The summed E-state index contributed by atoms with van der Waals surface area (Å²) in [5.41, 5.74) is 1.44. The molecular formula is C30H41N5O4. The zero-order valence-electron chi connectivity index (χ0n) is 23.0. The summed E-state index contributed by atoms with van der Waals surface area (Å²) < 4.78 is 1.95. The third-order valence-electron chi connectivity index (χ3n) is 9.88. The first-order valence-electron chi connectivity index (χ1n) is 15.0. The maximum Gasteiger partial charge on any atom is 0.323 e. The second-order valence-electron chi connectivity index (χ2n) is 12.1. The van der Waals surface area contributed by atoms with Crippen LogP contribution in [0.1, 0.15) is 77.2 Å². The van der Waals surface area contributed by atoms with Crippen molar-refractivity contribution >= 4 is 28.7 Å². The summed E-state index contributed by atoms with van der Waals surface area (Å²) in [7, 11) is 0. The predicted octanol–water partition coefficient (Wildman–Crippen LogP) is 3.66. The Hall–Kier alpha value is -2.94. The van der Waals surface area contributed by atoms with Crippen molar-refractivity contribution < 1.29 is 14.7 Å². The highest BCUT2D eigenvalue weighted by Crippen LogP contribution is 2.48. The number of aliphatic carboxylic acids is 1. The summed E-state index contributed by atoms with van der Waals surface area (Å²) in [6.45, 7) is 2.50. The van der Waals surface area contributed by atoms with E-state index in [1.807, 2.05) is 28.8 Å². The third-order valence-corrected chi connectivity index (χ3v) is 9.88. The molecule has 1 aliphatic carbocycles. The van der Waals surface area contributed by atoms with Crippen molar-refractivity contribution in [2.24, 2.45) is 5.92 Å². The molecule has 9 heteroatoms. The van der Waals surface area contributed by atoms with Crippen LogP contribution in [0.2, 0.25) is 0 Å². The standard InChI is InChI=1S/C30H41N5O4/c1-20(23-17-22-13-14-25(23)35(22)21-9-5-3-2-4-6-10-21)34-26-12-8-7-11-24(26)31-29(30(34)39)33-16-15-32(19-28(37)38)27(36)18-33/h7-8,11-12,20-23,25H,2-6,9-10,13-19H2,1H3,(H,37,38)/t20-,22-,23-,25?/m0/s1. The lowest BCUT2D eigenvalue weighted by Gasteiger charge is -2.36. The van der Waals surface area contributed by atoms with E-state index in [2.05, 4.69) is 11.8 Å². The van der Waals surface area contributed by atoms with Gasteiger partial charge in [-0.05, 0) is 57.1 Å². The highest BCUT2D eigenvalue weighted by atomic mass is 16.4. The van der Waals surface area contributed by atoms with Crippen LogP contribution in [0.3, 0.4) is 0 Å². The molecule has 0 spiro atoms. The molecule has 1 N–H and O–H groups in total. The number of hydrogen-bond acceptors (Lipinski definition) is 6. The van der Waals surface area contributed by atoms with Gasteiger partial charge in [0.25, 0.3) is 5.56 Å². The van der Waals surface area contributed by atoms with Crippen LogP contribution < -0.4 is 10.5 Å². The molecule has 4 atom stereocenters. The molecule has 3 saturated heterocycles. The van der Waals surface area contributed by atoms with Crippen LogP contribution in [-0.4, -0.2) is 80.6 Å². The maximum atomic E-state index is 14.1. The lowest BCUT2D eigenvalue weighted by atomic mass is 9.84. The first kappa shape index (κ1) is 26.3. The number of anilines is 1. The lowest BCUT2D eigenvalue weighted by Crippen LogP contribution is -2.53. The fourth-order valence-corrected chi connectivity index (χ4v) is 8.06. The van der Waals surface area contributed by atoms with Crippen LogP contribution in [0.15, 0.2) is 29.1 Å². The van der Waals surface area contributed by atoms with Crippen molar-refractivity contribution in [1.82, 2.24) is 19.4 Å². The largest absolute Gasteiger partial charge is 0.480 e. The van der Waals surface area contributed by atoms with E-state index in [9.17, 15) is 14.4 Å². The molecule has 1 unspecified atom stereocenters. The number of para-hydroxylation sites is 2. The number of piperazine rings is 1. The number of amides is 1. The molecule has 4 fully saturated rings. The van der Waals surface area contributed by atoms with Crippen LogP contribution in [0.5, 0.6) is 0 Å². The first-order valence-corrected chi connectivity index (χ1v) is 15.0. The number of carbonyl (C=O) groups is 2. The number of carboxylic acid groups (broad SMARTS) is 1. The normalized spacial score (nSPS) is 27.6. The molecule has 0 radical (unpaired) electrons. The molecule has 9 nitrogen and oxygen atoms in total. The molecular weight excluding hydrogens is 494 g/mol. The molecule has 2 bridgehead atoms. The minimum Gasteiger partial charge on any atom is -0.480 e. The van der Waals surface area contributed by atoms with Gasteiger partial charge in [0.05, 0.1) is 17.6 Å². The molecule has 210 valence electrons. The molecule has 1 aromatic heterocycles. The second kappa shape index (κ2) is 10.9. The van der Waals surface area contributed by atoms with Gasteiger partial charge in [-0.3, -0.25) is 19.3 Å². The van der Waals surface area contributed by atoms with Gasteiger partial charge in [0.2, 0.25) is 5.91 Å². The van der Waals surface area contributed by atoms with Gasteiger partial charge < -0.3 is 19.5 Å². The van der Waals surface area contributed by atoms with E-state index < -0.39 is 5.97 Å². The molecule has 2 aromatic rings. The molecule has 6 rings (SSSR count). The number of benzene rings is 1. The van der Waals surface area contributed by atoms with E-state index >= 15 is 0 Å². The van der Waals surface area contributed by atoms with E-state index in [0.717, 1.165) is 17.5 Å². The number of nitrogens with zero attached hydrogens (tertiary/aromatic N) is 5. The predicted molar refractivity (Wildman–Crippen MR) is 150 cm³/mol. The zero-order valence-corrected chi connectivity index (χ0v) is 23.0. The topological polar surface area (TPSA) is 99.0 Å². The zero-order chi connectivity index (χ0) is 27.1. The number of aromatic nitrogens is 2. The lowest BCUT2D eigenvalue weighted by molar-refractivity contribution is -0.144. The van der Waals surface area contributed by atoms with E-state index in [1.165, 1.54) is 62.7 Å². The van der Waals surface area contributed by atoms with Crippen LogP contribution >= 0.6 is 0 Å². The Labute approximate surface area is 229 Å². The van der Waals surface area contributed by atoms with Crippen molar-refractivity contribution in [2.45, 2.75) is 95.3 Å². The van der Waals surface area contributed by atoms with Crippen molar-refractivity contribution in [3.05, 3.63) is 34.6 Å². The fraction of sp³-hybridized carbons (Fsp3) is 0.667. The Morgan fingerprint density at radius 1 is 1.00 bits per heavy atom. The molecule has 1 aromatic carbocycles. The quantitative estimate of drug-likeness (QED) is 0.603. The SMILES string of the molecule is C[C@@H]([C@@H]1C[C@@H]2CCC1N2C1CCCCCCC1)n1c(=O)c(N2CCN(CC(=O)O)C(=O)C2)nc2ccccc21. The number of hydrogen-bond donors (Lipinski definition) is 1. The Balaban J connectivity index is 1.30. The summed E-state index contributed by atoms with van der Waals surface area (Å²) >= 11 is 0. The molecule has 4 heterocycles. The summed E-state index contributed by atoms with van der Waals surface area (Å²) in [4.78, 5) is 48.7. The summed E-state index contributed by atoms with van der Waals surface area (Å²) in [6, 6.07) is 9.64. The van der Waals surface area contributed by atoms with Crippen molar-refractivity contribution in [2.75, 3.05) is 31.1 Å². The number of carboxylic acids is 1. The van der Waals surface area contributed by atoms with E-state index in [0.29, 0.717) is 36.4 Å². The third kappa shape index (κ3) is 4.94. The van der Waals surface area contributed by atoms with Crippen molar-refractivity contribution in [1.29, 1.82) is 0 Å². The second-order valence-corrected chi connectivity index (χ2v) is 12.1. The maximum absolute atomic E-state index is 14.1. The van der Waals surface area contributed by atoms with Crippen LogP contribution in [0.25, 0.3) is 11.0 Å². The van der Waals surface area contributed by atoms with Crippen LogP contribution in [0, 0.1) is 5.92 Å². The monoisotopic (exact) mass is 535 g/mol. The fourth-order valence-electron chi connectivity index (χ4n) is 8.06. The van der Waals surface area contributed by atoms with Gasteiger partial charge in [0.15, 0.2) is 5.82 Å². The highest BCUT2D eigenvalue weighted by Gasteiger charge is 2.50. The molecule has 1 saturated carbocycles. The summed E-state index contributed by atoms with van der Waals surface area (Å²) in [6.07, 6.45) is 13.0. The van der Waals surface area contributed by atoms with E-state index in [1.54, 1.807) is 4.90 Å². The Morgan fingerprint density at radius 3 is 2.49 bits per heavy atom. The molecule has 39 heavy (non-hydrogen) atoms. The van der Waals surface area contributed by atoms with Gasteiger partial charge in [-0.2, -0.15) is 0 Å². The Bertz CT molecular complexity index is 1290. The van der Waals surface area contributed by atoms with Crippen molar-refractivity contribution in [3.63, 3.8) is 0 Å². The summed E-state index contributed by atoms with van der Waals surface area (Å²) in [5, 5.41) is 9.13. The molecule has 1 amide bonds. The smallest absolute Gasteiger partial charge is 0.323 e. The van der Waals surface area contributed by atoms with Gasteiger partial charge in [-0.1, -0.05) is 44.2 Å². The Morgan fingerprint density at radius 2 is 1.74 bits per heavy atom. The van der Waals surface area contributed by atoms with Gasteiger partial charge in [-0.15, -0.1) is 0 Å². The number of fused-ring (bicyclic) bond motifs is 3. The van der Waals surface area contributed by atoms with E-state index in [4.69, 9.17) is 10.1 Å². The van der Waals surface area contributed by atoms with Gasteiger partial charge >= 0.3 is 5.97 Å². The van der Waals surface area contributed by atoms with Gasteiger partial charge in [-0.25, -0.2) is 4.98 Å². The van der Waals surface area contributed by atoms with Crippen molar-refractivity contribution in [3.8, 4) is 0 Å². The van der Waals surface area contributed by atoms with Crippen LogP contribution in [0.4, 0.5) is 5.82 Å². The number of rotatable bonds is 6. The summed E-state index contributed by atoms with van der Waals surface area (Å²) in [5.74, 6) is -0.625. The minimum atomic E-state index is -1.03. The first-order chi connectivity index (χ1) is 18.9. The minimum absolute atomic E-state index is 0.0134.